The summed E-state index contributed by atoms with van der Waals surface area (Å²) in [6, 6.07) is 8.40. The van der Waals surface area contributed by atoms with Gasteiger partial charge in [-0.3, -0.25) is 4.79 Å². The number of thioether (sulfide) groups is 1. The minimum absolute atomic E-state index is 0.158. The molecule has 23 heavy (non-hydrogen) atoms. The van der Waals surface area contributed by atoms with Gasteiger partial charge in [0.05, 0.1) is 18.0 Å². The summed E-state index contributed by atoms with van der Waals surface area (Å²) in [7, 11) is 0. The van der Waals surface area contributed by atoms with E-state index >= 15 is 0 Å². The first kappa shape index (κ1) is 15.8. The third-order valence-corrected chi connectivity index (χ3v) is 4.88. The van der Waals surface area contributed by atoms with E-state index in [1.54, 1.807) is 18.0 Å². The lowest BCUT2D eigenvalue weighted by Gasteiger charge is -2.27. The summed E-state index contributed by atoms with van der Waals surface area (Å²) in [5.74, 6) is 1.77. The van der Waals surface area contributed by atoms with E-state index in [-0.39, 0.29) is 11.9 Å². The molecule has 1 aromatic carbocycles. The number of amides is 1. The van der Waals surface area contributed by atoms with Gasteiger partial charge < -0.3 is 10.6 Å². The first-order valence-corrected chi connectivity index (χ1v) is 8.78. The molecular formula is C17H20N4OS. The van der Waals surface area contributed by atoms with Crippen LogP contribution in [0.4, 0.5) is 5.95 Å². The fraction of sp³-hybridized carbons (Fsp3) is 0.353. The van der Waals surface area contributed by atoms with Gasteiger partial charge in [0.2, 0.25) is 11.9 Å². The second-order valence-corrected chi connectivity index (χ2v) is 6.73. The van der Waals surface area contributed by atoms with Crippen LogP contribution in [0.5, 0.6) is 0 Å². The molecule has 0 fully saturated rings. The van der Waals surface area contributed by atoms with Crippen LogP contribution in [0.25, 0.3) is 0 Å². The molecular weight excluding hydrogens is 308 g/mol. The fourth-order valence-corrected chi connectivity index (χ4v) is 3.56. The molecule has 0 saturated carbocycles. The molecule has 0 saturated heterocycles. The van der Waals surface area contributed by atoms with Gasteiger partial charge in [-0.1, -0.05) is 29.8 Å². The maximum atomic E-state index is 12.4. The Bertz CT molecular complexity index is 719. The van der Waals surface area contributed by atoms with Gasteiger partial charge in [-0.05, 0) is 24.5 Å². The molecule has 5 nitrogen and oxygen atoms in total. The van der Waals surface area contributed by atoms with E-state index in [0.29, 0.717) is 12.3 Å². The smallest absolute Gasteiger partial charge is 0.232 e. The summed E-state index contributed by atoms with van der Waals surface area (Å²) < 4.78 is 0. The third kappa shape index (κ3) is 4.01. The van der Waals surface area contributed by atoms with Crippen LogP contribution in [0.2, 0.25) is 0 Å². The van der Waals surface area contributed by atoms with Crippen molar-refractivity contribution in [3.05, 3.63) is 52.8 Å². The van der Waals surface area contributed by atoms with Crippen molar-refractivity contribution in [1.82, 2.24) is 14.9 Å². The Morgan fingerprint density at radius 1 is 1.43 bits per heavy atom. The van der Waals surface area contributed by atoms with Crippen LogP contribution in [0.1, 0.15) is 22.4 Å². The first-order chi connectivity index (χ1) is 11.1. The van der Waals surface area contributed by atoms with Crippen molar-refractivity contribution >= 4 is 23.6 Å². The predicted octanol–water partition coefficient (Wildman–Crippen LogP) is 2.19. The number of nitrogens with zero attached hydrogens (tertiary/aromatic N) is 3. The van der Waals surface area contributed by atoms with Crippen LogP contribution in [0.15, 0.2) is 30.5 Å². The lowest BCUT2D eigenvalue weighted by molar-refractivity contribution is -0.129. The lowest BCUT2D eigenvalue weighted by atomic mass is 10.1. The number of carbonyl (C=O) groups is 1. The molecule has 0 unspecified atom stereocenters. The van der Waals surface area contributed by atoms with Crippen LogP contribution in [0, 0.1) is 6.92 Å². The number of carbonyl (C=O) groups excluding carboxylic acids is 1. The highest BCUT2D eigenvalue weighted by Gasteiger charge is 2.22. The standard InChI is InChI=1S/C17H20N4OS/c1-12-3-2-4-13(7-12)10-23-11-16(22)21-6-5-14-8-19-17(18)20-15(14)9-21/h2-4,7-8H,5-6,9-11H2,1H3,(H2,18,19,20). The van der Waals surface area contributed by atoms with Crippen molar-refractivity contribution < 1.29 is 4.79 Å². The predicted molar refractivity (Wildman–Crippen MR) is 92.9 cm³/mol. The zero-order valence-electron chi connectivity index (χ0n) is 13.2. The summed E-state index contributed by atoms with van der Waals surface area (Å²) in [6.07, 6.45) is 2.57. The average molecular weight is 328 g/mol. The van der Waals surface area contributed by atoms with Gasteiger partial charge >= 0.3 is 0 Å². The number of rotatable bonds is 4. The number of hydrogen-bond donors (Lipinski definition) is 1. The Labute approximate surface area is 140 Å². The van der Waals surface area contributed by atoms with Gasteiger partial charge in [-0.25, -0.2) is 9.97 Å². The van der Waals surface area contributed by atoms with Crippen molar-refractivity contribution in [3.63, 3.8) is 0 Å². The molecule has 2 N–H and O–H groups in total. The molecule has 1 aliphatic rings. The summed E-state index contributed by atoms with van der Waals surface area (Å²) in [5, 5.41) is 0. The zero-order valence-corrected chi connectivity index (χ0v) is 14.0. The highest BCUT2D eigenvalue weighted by molar-refractivity contribution is 7.99. The number of benzene rings is 1. The molecule has 2 heterocycles. The molecule has 0 atom stereocenters. The second-order valence-electron chi connectivity index (χ2n) is 5.75. The van der Waals surface area contributed by atoms with Crippen molar-refractivity contribution in [2.24, 2.45) is 0 Å². The summed E-state index contributed by atoms with van der Waals surface area (Å²) >= 11 is 1.65. The number of aromatic nitrogens is 2. The third-order valence-electron chi connectivity index (χ3n) is 3.89. The first-order valence-electron chi connectivity index (χ1n) is 7.63. The van der Waals surface area contributed by atoms with Crippen LogP contribution >= 0.6 is 11.8 Å². The zero-order chi connectivity index (χ0) is 16.2. The van der Waals surface area contributed by atoms with Crippen LogP contribution in [-0.2, 0) is 23.5 Å². The number of aryl methyl sites for hydroxylation is 1. The highest BCUT2D eigenvalue weighted by Crippen LogP contribution is 2.19. The Kier molecular flexibility index (Phi) is 4.81. The molecule has 0 radical (unpaired) electrons. The van der Waals surface area contributed by atoms with Gasteiger partial charge in [0.1, 0.15) is 0 Å². The van der Waals surface area contributed by atoms with Crippen LogP contribution in [-0.4, -0.2) is 33.1 Å². The molecule has 1 aromatic heterocycles. The van der Waals surface area contributed by atoms with E-state index in [1.807, 2.05) is 4.90 Å². The van der Waals surface area contributed by atoms with Gasteiger partial charge in [-0.2, -0.15) is 0 Å². The molecule has 3 rings (SSSR count). The van der Waals surface area contributed by atoms with Gasteiger partial charge in [0, 0.05) is 18.5 Å². The fourth-order valence-electron chi connectivity index (χ4n) is 2.68. The van der Waals surface area contributed by atoms with E-state index in [1.165, 1.54) is 11.1 Å². The number of nitrogen functional groups attached to an aromatic ring is 1. The normalized spacial score (nSPS) is 13.7. The minimum Gasteiger partial charge on any atom is -0.368 e. The lowest BCUT2D eigenvalue weighted by Crippen LogP contribution is -2.37. The Morgan fingerprint density at radius 2 is 2.30 bits per heavy atom. The topological polar surface area (TPSA) is 72.1 Å². The number of anilines is 1. The van der Waals surface area contributed by atoms with E-state index in [9.17, 15) is 4.79 Å². The SMILES string of the molecule is Cc1cccc(CSCC(=O)N2CCc3cnc(N)nc3C2)c1. The molecule has 0 aliphatic carbocycles. The van der Waals surface area contributed by atoms with E-state index in [2.05, 4.69) is 41.2 Å². The summed E-state index contributed by atoms with van der Waals surface area (Å²) in [5.41, 5.74) is 10.1. The number of nitrogens with two attached hydrogens (primary N) is 1. The molecule has 6 heteroatoms. The largest absolute Gasteiger partial charge is 0.368 e. The van der Waals surface area contributed by atoms with Gasteiger partial charge in [0.15, 0.2) is 0 Å². The summed E-state index contributed by atoms with van der Waals surface area (Å²) in [6.45, 7) is 3.34. The molecule has 1 aliphatic heterocycles. The van der Waals surface area contributed by atoms with Crippen molar-refractivity contribution in [2.75, 3.05) is 18.0 Å². The van der Waals surface area contributed by atoms with E-state index in [4.69, 9.17) is 5.73 Å². The van der Waals surface area contributed by atoms with Crippen LogP contribution in [0.3, 0.4) is 0 Å². The number of fused-ring (bicyclic) bond motifs is 1. The van der Waals surface area contributed by atoms with Crippen LogP contribution < -0.4 is 5.73 Å². The molecule has 2 aromatic rings. The van der Waals surface area contributed by atoms with Crippen molar-refractivity contribution in [1.29, 1.82) is 0 Å². The monoisotopic (exact) mass is 328 g/mol. The van der Waals surface area contributed by atoms with Gasteiger partial charge in [0.25, 0.3) is 0 Å². The Morgan fingerprint density at radius 3 is 3.13 bits per heavy atom. The van der Waals surface area contributed by atoms with Gasteiger partial charge in [-0.15, -0.1) is 11.8 Å². The number of hydrogen-bond acceptors (Lipinski definition) is 5. The summed E-state index contributed by atoms with van der Waals surface area (Å²) in [4.78, 5) is 22.5. The Balaban J connectivity index is 1.53. The van der Waals surface area contributed by atoms with E-state index < -0.39 is 0 Å². The van der Waals surface area contributed by atoms with E-state index in [0.717, 1.165) is 30.0 Å². The quantitative estimate of drug-likeness (QED) is 0.931. The average Bonchev–Trinajstić information content (AvgIpc) is 2.54. The molecule has 120 valence electrons. The maximum absolute atomic E-state index is 12.4. The molecule has 0 bridgehead atoms. The highest BCUT2D eigenvalue weighted by atomic mass is 32.2. The minimum atomic E-state index is 0.158. The van der Waals surface area contributed by atoms with Crippen molar-refractivity contribution in [2.45, 2.75) is 25.6 Å². The second kappa shape index (κ2) is 7.00. The Hall–Kier alpha value is -2.08. The molecule has 0 spiro atoms. The van der Waals surface area contributed by atoms with Crippen molar-refractivity contribution in [3.8, 4) is 0 Å². The maximum Gasteiger partial charge on any atom is 0.232 e. The molecule has 1 amide bonds.